The van der Waals surface area contributed by atoms with Crippen LogP contribution in [0.3, 0.4) is 0 Å². The summed E-state index contributed by atoms with van der Waals surface area (Å²) < 4.78 is 10.3. The third kappa shape index (κ3) is 3.51. The molecule has 0 aliphatic carbocycles. The molecular weight excluding hydrogens is 392 g/mol. The molecule has 0 radical (unpaired) electrons. The fraction of sp³-hybridized carbons (Fsp3) is 0.381. The van der Waals surface area contributed by atoms with Gasteiger partial charge >= 0.3 is 5.97 Å². The second-order valence-corrected chi connectivity index (χ2v) is 7.37. The van der Waals surface area contributed by atoms with Gasteiger partial charge in [-0.25, -0.2) is 14.8 Å². The van der Waals surface area contributed by atoms with E-state index >= 15 is 0 Å². The predicted molar refractivity (Wildman–Crippen MR) is 105 cm³/mol. The van der Waals surface area contributed by atoms with Crippen LogP contribution in [0.2, 0.25) is 0 Å². The number of hydrogen-bond acceptors (Lipinski definition) is 9. The molecule has 1 aliphatic heterocycles. The summed E-state index contributed by atoms with van der Waals surface area (Å²) in [6.07, 6.45) is -7.45. The van der Waals surface area contributed by atoms with E-state index in [1.165, 1.54) is 13.0 Å². The number of para-hydroxylation sites is 2. The number of nitrogens with zero attached hydrogens (tertiary/aromatic N) is 2. The van der Waals surface area contributed by atoms with Gasteiger partial charge in [0.2, 0.25) is 0 Å². The topological polar surface area (TPSA) is 142 Å². The van der Waals surface area contributed by atoms with E-state index in [4.69, 9.17) is 9.47 Å². The van der Waals surface area contributed by atoms with Crippen molar-refractivity contribution in [2.24, 2.45) is 0 Å². The van der Waals surface area contributed by atoms with Crippen LogP contribution in [0.5, 0.6) is 0 Å². The van der Waals surface area contributed by atoms with Crippen molar-refractivity contribution in [2.45, 2.75) is 50.7 Å². The maximum Gasteiger partial charge on any atom is 0.340 e. The van der Waals surface area contributed by atoms with Crippen LogP contribution in [0.25, 0.3) is 22.1 Å². The van der Waals surface area contributed by atoms with Gasteiger partial charge in [0.1, 0.15) is 17.7 Å². The Morgan fingerprint density at radius 3 is 2.37 bits per heavy atom. The Labute approximate surface area is 171 Å². The lowest BCUT2D eigenvalue weighted by molar-refractivity contribution is -0.276. The summed E-state index contributed by atoms with van der Waals surface area (Å²) in [6, 6.07) is 10.0. The molecule has 2 aromatic carbocycles. The van der Waals surface area contributed by atoms with Crippen molar-refractivity contribution in [1.29, 1.82) is 0 Å². The third-order valence-corrected chi connectivity index (χ3v) is 5.24. The molecule has 0 amide bonds. The summed E-state index contributed by atoms with van der Waals surface area (Å²) in [4.78, 5) is 22.0. The zero-order valence-electron chi connectivity index (χ0n) is 16.3. The number of rotatable bonds is 3. The molecule has 30 heavy (non-hydrogen) atoms. The van der Waals surface area contributed by atoms with E-state index in [0.29, 0.717) is 22.1 Å². The molecule has 1 unspecified atom stereocenters. The van der Waals surface area contributed by atoms with Gasteiger partial charge in [0.15, 0.2) is 12.4 Å². The lowest BCUT2D eigenvalue weighted by Crippen LogP contribution is -2.58. The monoisotopic (exact) mass is 414 g/mol. The Kier molecular flexibility index (Phi) is 5.39. The van der Waals surface area contributed by atoms with Crippen LogP contribution < -0.4 is 0 Å². The first-order valence-corrected chi connectivity index (χ1v) is 9.56. The Balaban J connectivity index is 1.74. The highest BCUT2D eigenvalue weighted by Crippen LogP contribution is 2.27. The second kappa shape index (κ2) is 7.86. The van der Waals surface area contributed by atoms with Crippen molar-refractivity contribution in [3.8, 4) is 0 Å². The molecule has 0 spiro atoms. The lowest BCUT2D eigenvalue weighted by Gasteiger charge is -2.38. The van der Waals surface area contributed by atoms with Gasteiger partial charge in [0.05, 0.1) is 34.3 Å². The molecule has 158 valence electrons. The average Bonchev–Trinajstić information content (AvgIpc) is 2.72. The number of aliphatic hydroxyl groups is 4. The summed E-state index contributed by atoms with van der Waals surface area (Å²) in [6.45, 7) is 3.13. The number of esters is 1. The predicted octanol–water partition coefficient (Wildman–Crippen LogP) is 0.821. The number of hydrogen-bond donors (Lipinski definition) is 4. The highest BCUT2D eigenvalue weighted by atomic mass is 16.6. The first-order chi connectivity index (χ1) is 14.3. The number of fused-ring (bicyclic) bond motifs is 2. The quantitative estimate of drug-likeness (QED) is 0.362. The van der Waals surface area contributed by atoms with Gasteiger partial charge in [-0.3, -0.25) is 0 Å². The van der Waals surface area contributed by atoms with Gasteiger partial charge in [0, 0.05) is 5.56 Å². The number of carbonyl (C=O) groups is 1. The van der Waals surface area contributed by atoms with Gasteiger partial charge in [-0.1, -0.05) is 18.2 Å². The van der Waals surface area contributed by atoms with Crippen molar-refractivity contribution in [2.75, 3.05) is 0 Å². The molecule has 1 aliphatic rings. The van der Waals surface area contributed by atoms with Gasteiger partial charge in [-0.2, -0.15) is 0 Å². The first-order valence-electron chi connectivity index (χ1n) is 9.56. The van der Waals surface area contributed by atoms with Crippen molar-refractivity contribution in [1.82, 2.24) is 9.97 Å². The minimum Gasteiger partial charge on any atom is -0.453 e. The van der Waals surface area contributed by atoms with Crippen molar-refractivity contribution < 1.29 is 34.7 Å². The standard InChI is InChI=1S/C21H22N2O7/c1-9(24)11-5-3-7-13-15(11)22-14-8-4-6-12(16(14)23-13)20(27)30-19-17(25)10(2)29-21(28)18(19)26/h3-10,17-19,21,24-26,28H,1-2H3/t9?,10-,17-,18-,19+,21+/m1/s1. The minimum absolute atomic E-state index is 0.0948. The van der Waals surface area contributed by atoms with E-state index < -0.39 is 42.8 Å². The summed E-state index contributed by atoms with van der Waals surface area (Å²) in [5.41, 5.74) is 2.44. The van der Waals surface area contributed by atoms with Crippen molar-refractivity contribution >= 4 is 28.0 Å². The summed E-state index contributed by atoms with van der Waals surface area (Å²) in [7, 11) is 0. The second-order valence-electron chi connectivity index (χ2n) is 7.37. The van der Waals surface area contributed by atoms with Gasteiger partial charge in [0.25, 0.3) is 0 Å². The molecule has 9 nitrogen and oxygen atoms in total. The van der Waals surface area contributed by atoms with Crippen LogP contribution in [0.15, 0.2) is 36.4 Å². The largest absolute Gasteiger partial charge is 0.453 e. The van der Waals surface area contributed by atoms with E-state index in [9.17, 15) is 25.2 Å². The first kappa shape index (κ1) is 20.6. The molecule has 0 bridgehead atoms. The van der Waals surface area contributed by atoms with Gasteiger partial charge in [-0.05, 0) is 32.0 Å². The van der Waals surface area contributed by atoms with E-state index in [1.54, 1.807) is 37.3 Å². The molecule has 4 rings (SSSR count). The molecule has 3 aromatic rings. The third-order valence-electron chi connectivity index (χ3n) is 5.24. The maximum atomic E-state index is 12.9. The normalized spacial score (nSPS) is 27.9. The smallest absolute Gasteiger partial charge is 0.340 e. The number of ether oxygens (including phenoxy) is 2. The van der Waals surface area contributed by atoms with Crippen LogP contribution in [-0.2, 0) is 9.47 Å². The molecule has 9 heteroatoms. The van der Waals surface area contributed by atoms with Gasteiger partial charge < -0.3 is 29.9 Å². The van der Waals surface area contributed by atoms with Crippen molar-refractivity contribution in [3.05, 3.63) is 47.5 Å². The zero-order valence-corrected chi connectivity index (χ0v) is 16.3. The Bertz CT molecular complexity index is 1090. The number of aromatic nitrogens is 2. The average molecular weight is 414 g/mol. The molecule has 6 atom stereocenters. The van der Waals surface area contributed by atoms with Crippen LogP contribution in [0.4, 0.5) is 0 Å². The highest BCUT2D eigenvalue weighted by Gasteiger charge is 2.44. The Morgan fingerprint density at radius 1 is 1.03 bits per heavy atom. The molecular formula is C21H22N2O7. The van der Waals surface area contributed by atoms with E-state index in [0.717, 1.165) is 0 Å². The highest BCUT2D eigenvalue weighted by molar-refractivity contribution is 6.03. The molecule has 4 N–H and O–H groups in total. The maximum absolute atomic E-state index is 12.9. The number of aliphatic hydroxyl groups excluding tert-OH is 4. The molecule has 1 saturated heterocycles. The van der Waals surface area contributed by atoms with Crippen LogP contribution >= 0.6 is 0 Å². The number of carbonyl (C=O) groups excluding carboxylic acids is 1. The Hall–Kier alpha value is -2.69. The van der Waals surface area contributed by atoms with Crippen LogP contribution in [-0.4, -0.2) is 67.1 Å². The molecule has 1 aromatic heterocycles. The fourth-order valence-electron chi connectivity index (χ4n) is 3.58. The Morgan fingerprint density at radius 2 is 1.67 bits per heavy atom. The summed E-state index contributed by atoms with van der Waals surface area (Å²) >= 11 is 0. The summed E-state index contributed by atoms with van der Waals surface area (Å²) in [5, 5.41) is 40.1. The minimum atomic E-state index is -1.60. The SMILES string of the molecule is CC(O)c1cccc2nc3c(C(=O)O[C@@H]4[C@@H](O)[C@@H](O)O[C@H](C)[C@H]4O)cccc3nc12. The molecule has 0 saturated carbocycles. The number of benzene rings is 2. The molecule has 2 heterocycles. The van der Waals surface area contributed by atoms with E-state index in [2.05, 4.69) is 9.97 Å². The fourth-order valence-corrected chi connectivity index (χ4v) is 3.58. The van der Waals surface area contributed by atoms with Crippen LogP contribution in [0, 0.1) is 0 Å². The lowest BCUT2D eigenvalue weighted by atomic mass is 9.99. The van der Waals surface area contributed by atoms with Crippen molar-refractivity contribution in [3.63, 3.8) is 0 Å². The van der Waals surface area contributed by atoms with E-state index in [1.807, 2.05) is 0 Å². The van der Waals surface area contributed by atoms with Crippen LogP contribution in [0.1, 0.15) is 35.9 Å². The zero-order chi connectivity index (χ0) is 21.6. The van der Waals surface area contributed by atoms with Gasteiger partial charge in [-0.15, -0.1) is 0 Å². The molecule has 1 fully saturated rings. The summed E-state index contributed by atoms with van der Waals surface area (Å²) in [5.74, 6) is -0.828. The van der Waals surface area contributed by atoms with E-state index in [-0.39, 0.29) is 11.1 Å².